The van der Waals surface area contributed by atoms with E-state index < -0.39 is 5.54 Å². The van der Waals surface area contributed by atoms with Gasteiger partial charge in [0.25, 0.3) is 0 Å². The lowest BCUT2D eigenvalue weighted by atomic mass is 9.98. The molecule has 0 amide bonds. The molecule has 4 nitrogen and oxygen atoms in total. The highest BCUT2D eigenvalue weighted by Gasteiger charge is 2.31. The molecular formula is C16H24N2O2. The van der Waals surface area contributed by atoms with Gasteiger partial charge in [-0.25, -0.2) is 0 Å². The molecule has 0 aliphatic carbocycles. The second kappa shape index (κ2) is 6.37. The number of hydrogen-bond donors (Lipinski definition) is 1. The number of methoxy groups -OCH3 is 1. The Hall–Kier alpha value is -1.39. The van der Waals surface area contributed by atoms with Gasteiger partial charge in [-0.05, 0) is 37.8 Å². The first kappa shape index (κ1) is 15.0. The lowest BCUT2D eigenvalue weighted by Crippen LogP contribution is -2.47. The van der Waals surface area contributed by atoms with Crippen molar-refractivity contribution in [2.24, 2.45) is 5.73 Å². The molecule has 0 saturated carbocycles. The Balaban J connectivity index is 1.84. The average Bonchev–Trinajstić information content (AvgIpc) is 2.94. The Morgan fingerprint density at radius 2 is 2.15 bits per heavy atom. The van der Waals surface area contributed by atoms with Crippen molar-refractivity contribution in [3.05, 3.63) is 35.9 Å². The Kier molecular flexibility index (Phi) is 4.78. The van der Waals surface area contributed by atoms with Crippen LogP contribution in [0.15, 0.2) is 30.3 Å². The molecule has 1 aliphatic heterocycles. The van der Waals surface area contributed by atoms with Crippen molar-refractivity contribution in [3.63, 3.8) is 0 Å². The maximum atomic E-state index is 11.6. The van der Waals surface area contributed by atoms with Crippen LogP contribution in [-0.2, 0) is 9.53 Å². The van der Waals surface area contributed by atoms with Gasteiger partial charge in [0, 0.05) is 13.1 Å². The molecule has 20 heavy (non-hydrogen) atoms. The van der Waals surface area contributed by atoms with Crippen LogP contribution in [0.5, 0.6) is 0 Å². The summed E-state index contributed by atoms with van der Waals surface area (Å²) in [5, 5.41) is 0. The Bertz CT molecular complexity index is 445. The molecular weight excluding hydrogens is 252 g/mol. The van der Waals surface area contributed by atoms with E-state index in [1.807, 2.05) is 6.07 Å². The highest BCUT2D eigenvalue weighted by atomic mass is 16.5. The van der Waals surface area contributed by atoms with Crippen LogP contribution in [0, 0.1) is 0 Å². The fourth-order valence-electron chi connectivity index (χ4n) is 2.76. The minimum Gasteiger partial charge on any atom is -0.468 e. The van der Waals surface area contributed by atoms with Gasteiger partial charge in [0.2, 0.25) is 0 Å². The SMILES string of the molecule is COC(=O)C(C)(N)CCN1CCC(c2ccccc2)C1. The van der Waals surface area contributed by atoms with Crippen molar-refractivity contribution in [1.29, 1.82) is 0 Å². The Morgan fingerprint density at radius 3 is 2.80 bits per heavy atom. The summed E-state index contributed by atoms with van der Waals surface area (Å²) in [4.78, 5) is 13.9. The van der Waals surface area contributed by atoms with Crippen molar-refractivity contribution in [3.8, 4) is 0 Å². The van der Waals surface area contributed by atoms with Gasteiger partial charge in [0.15, 0.2) is 0 Å². The second-order valence-electron chi connectivity index (χ2n) is 5.86. The highest BCUT2D eigenvalue weighted by Crippen LogP contribution is 2.27. The number of likely N-dealkylation sites (tertiary alicyclic amines) is 1. The minimum atomic E-state index is -0.889. The number of rotatable bonds is 5. The predicted molar refractivity (Wildman–Crippen MR) is 79.5 cm³/mol. The molecule has 0 bridgehead atoms. The van der Waals surface area contributed by atoms with E-state index in [-0.39, 0.29) is 5.97 Å². The third kappa shape index (κ3) is 3.58. The molecule has 1 fully saturated rings. The van der Waals surface area contributed by atoms with E-state index in [0.29, 0.717) is 12.3 Å². The Labute approximate surface area is 120 Å². The van der Waals surface area contributed by atoms with Gasteiger partial charge in [-0.3, -0.25) is 4.79 Å². The van der Waals surface area contributed by atoms with Gasteiger partial charge >= 0.3 is 5.97 Å². The molecule has 1 aromatic rings. The fraction of sp³-hybridized carbons (Fsp3) is 0.562. The molecule has 1 aliphatic rings. The normalized spacial score (nSPS) is 22.4. The molecule has 110 valence electrons. The van der Waals surface area contributed by atoms with Crippen molar-refractivity contribution in [2.75, 3.05) is 26.7 Å². The molecule has 2 N–H and O–H groups in total. The van der Waals surface area contributed by atoms with Crippen LogP contribution in [0.3, 0.4) is 0 Å². The topological polar surface area (TPSA) is 55.6 Å². The Morgan fingerprint density at radius 1 is 1.45 bits per heavy atom. The van der Waals surface area contributed by atoms with Crippen molar-refractivity contribution >= 4 is 5.97 Å². The van der Waals surface area contributed by atoms with E-state index in [4.69, 9.17) is 10.5 Å². The first-order valence-corrected chi connectivity index (χ1v) is 7.17. The molecule has 0 radical (unpaired) electrons. The zero-order valence-electron chi connectivity index (χ0n) is 12.3. The van der Waals surface area contributed by atoms with E-state index in [1.165, 1.54) is 19.1 Å². The maximum Gasteiger partial charge on any atom is 0.325 e. The highest BCUT2D eigenvalue weighted by molar-refractivity contribution is 5.79. The third-order valence-corrected chi connectivity index (χ3v) is 4.14. The van der Waals surface area contributed by atoms with Crippen molar-refractivity contribution in [1.82, 2.24) is 4.90 Å². The molecule has 2 atom stereocenters. The number of hydrogen-bond acceptors (Lipinski definition) is 4. The smallest absolute Gasteiger partial charge is 0.325 e. The number of carbonyl (C=O) groups is 1. The number of ether oxygens (including phenoxy) is 1. The first-order valence-electron chi connectivity index (χ1n) is 7.17. The van der Waals surface area contributed by atoms with E-state index in [1.54, 1.807) is 6.92 Å². The number of benzene rings is 1. The molecule has 0 aromatic heterocycles. The monoisotopic (exact) mass is 276 g/mol. The summed E-state index contributed by atoms with van der Waals surface area (Å²) >= 11 is 0. The number of nitrogens with zero attached hydrogens (tertiary/aromatic N) is 1. The predicted octanol–water partition coefficient (Wildman–Crippen LogP) is 1.76. The molecule has 1 heterocycles. The first-order chi connectivity index (χ1) is 9.53. The fourth-order valence-corrected chi connectivity index (χ4v) is 2.76. The van der Waals surface area contributed by atoms with Crippen LogP contribution in [0.2, 0.25) is 0 Å². The lowest BCUT2D eigenvalue weighted by molar-refractivity contribution is -0.146. The van der Waals surface area contributed by atoms with E-state index in [9.17, 15) is 4.79 Å². The summed E-state index contributed by atoms with van der Waals surface area (Å²) in [6.07, 6.45) is 1.80. The molecule has 2 unspecified atom stereocenters. The summed E-state index contributed by atoms with van der Waals surface area (Å²) in [6, 6.07) is 10.6. The summed E-state index contributed by atoms with van der Waals surface area (Å²) in [7, 11) is 1.38. The van der Waals surface area contributed by atoms with Gasteiger partial charge in [-0.15, -0.1) is 0 Å². The third-order valence-electron chi connectivity index (χ3n) is 4.14. The zero-order valence-corrected chi connectivity index (χ0v) is 12.3. The van der Waals surface area contributed by atoms with Crippen LogP contribution in [0.1, 0.15) is 31.2 Å². The standard InChI is InChI=1S/C16H24N2O2/c1-16(17,15(19)20-2)9-11-18-10-8-14(12-18)13-6-4-3-5-7-13/h3-7,14H,8-12,17H2,1-2H3. The lowest BCUT2D eigenvalue weighted by Gasteiger charge is -2.24. The summed E-state index contributed by atoms with van der Waals surface area (Å²) in [5.74, 6) is 0.259. The van der Waals surface area contributed by atoms with Crippen LogP contribution in [-0.4, -0.2) is 43.2 Å². The van der Waals surface area contributed by atoms with Crippen molar-refractivity contribution < 1.29 is 9.53 Å². The van der Waals surface area contributed by atoms with Gasteiger partial charge in [-0.1, -0.05) is 30.3 Å². The maximum absolute atomic E-state index is 11.6. The average molecular weight is 276 g/mol. The number of esters is 1. The molecule has 4 heteroatoms. The van der Waals surface area contributed by atoms with E-state index in [0.717, 1.165) is 19.6 Å². The zero-order chi connectivity index (χ0) is 14.6. The molecule has 0 spiro atoms. The molecule has 1 saturated heterocycles. The van der Waals surface area contributed by atoms with Gasteiger partial charge < -0.3 is 15.4 Å². The van der Waals surface area contributed by atoms with E-state index >= 15 is 0 Å². The van der Waals surface area contributed by atoms with Crippen LogP contribution in [0.4, 0.5) is 0 Å². The van der Waals surface area contributed by atoms with Crippen molar-refractivity contribution in [2.45, 2.75) is 31.2 Å². The van der Waals surface area contributed by atoms with Crippen LogP contribution < -0.4 is 5.73 Å². The summed E-state index contributed by atoms with van der Waals surface area (Å²) in [6.45, 7) is 4.69. The second-order valence-corrected chi connectivity index (χ2v) is 5.86. The number of carbonyl (C=O) groups excluding carboxylic acids is 1. The van der Waals surface area contributed by atoms with Gasteiger partial charge in [0.1, 0.15) is 5.54 Å². The van der Waals surface area contributed by atoms with Gasteiger partial charge in [0.05, 0.1) is 7.11 Å². The number of nitrogens with two attached hydrogens (primary N) is 1. The summed E-state index contributed by atoms with van der Waals surface area (Å²) < 4.78 is 4.74. The summed E-state index contributed by atoms with van der Waals surface area (Å²) in [5.41, 5.74) is 6.51. The van der Waals surface area contributed by atoms with Gasteiger partial charge in [-0.2, -0.15) is 0 Å². The quantitative estimate of drug-likeness (QED) is 0.833. The largest absolute Gasteiger partial charge is 0.468 e. The van der Waals surface area contributed by atoms with E-state index in [2.05, 4.69) is 29.2 Å². The molecule has 1 aromatic carbocycles. The van der Waals surface area contributed by atoms with Crippen LogP contribution >= 0.6 is 0 Å². The molecule has 2 rings (SSSR count). The minimum absolute atomic E-state index is 0.337. The van der Waals surface area contributed by atoms with Crippen LogP contribution in [0.25, 0.3) is 0 Å².